The number of fused-ring (bicyclic) bond motifs is 1. The van der Waals surface area contributed by atoms with Crippen LogP contribution < -0.4 is 5.32 Å². The minimum absolute atomic E-state index is 0.228. The molecule has 4 nitrogen and oxygen atoms in total. The summed E-state index contributed by atoms with van der Waals surface area (Å²) in [7, 11) is 0. The van der Waals surface area contributed by atoms with Gasteiger partial charge in [-0.25, -0.2) is 0 Å². The van der Waals surface area contributed by atoms with Gasteiger partial charge >= 0.3 is 0 Å². The highest BCUT2D eigenvalue weighted by molar-refractivity contribution is 5.79. The molecule has 2 fully saturated rings. The molecular weight excluding hydrogens is 238 g/mol. The lowest BCUT2D eigenvalue weighted by Gasteiger charge is -2.44. The summed E-state index contributed by atoms with van der Waals surface area (Å²) in [5.74, 6) is 0.228. The van der Waals surface area contributed by atoms with E-state index in [0.29, 0.717) is 18.6 Å². The van der Waals surface area contributed by atoms with Gasteiger partial charge in [0.1, 0.15) is 0 Å². The van der Waals surface area contributed by atoms with Crippen LogP contribution in [0.15, 0.2) is 0 Å². The molecule has 2 rings (SSSR count). The molecule has 0 spiro atoms. The maximum atomic E-state index is 11.8. The predicted molar refractivity (Wildman–Crippen MR) is 78.2 cm³/mol. The molecule has 19 heavy (non-hydrogen) atoms. The van der Waals surface area contributed by atoms with Crippen molar-refractivity contribution < 1.29 is 4.79 Å². The van der Waals surface area contributed by atoms with Crippen molar-refractivity contribution in [1.29, 1.82) is 0 Å². The molecule has 1 heterocycles. The highest BCUT2D eigenvalue weighted by atomic mass is 16.2. The number of rotatable bonds is 6. The quantitative estimate of drug-likeness (QED) is 0.791. The second kappa shape index (κ2) is 7.25. The Morgan fingerprint density at radius 2 is 2.00 bits per heavy atom. The fraction of sp³-hybridized carbons (Fsp3) is 0.933. The molecule has 0 aromatic carbocycles. The Labute approximate surface area is 117 Å². The summed E-state index contributed by atoms with van der Waals surface area (Å²) >= 11 is 0. The molecule has 0 radical (unpaired) electrons. The molecule has 1 saturated heterocycles. The molecule has 2 atom stereocenters. The number of nitrogens with one attached hydrogen (secondary N) is 1. The first-order valence-electron chi connectivity index (χ1n) is 8.00. The predicted octanol–water partition coefficient (Wildman–Crippen LogP) is 1.46. The minimum Gasteiger partial charge on any atom is -0.351 e. The van der Waals surface area contributed by atoms with Crippen LogP contribution in [0.25, 0.3) is 0 Å². The Hall–Kier alpha value is -0.610. The van der Waals surface area contributed by atoms with E-state index in [0.717, 1.165) is 26.2 Å². The molecule has 4 heteroatoms. The Morgan fingerprint density at radius 1 is 1.26 bits per heavy atom. The summed E-state index contributed by atoms with van der Waals surface area (Å²) < 4.78 is 0. The average molecular weight is 267 g/mol. The summed E-state index contributed by atoms with van der Waals surface area (Å²) in [4.78, 5) is 16.7. The topological polar surface area (TPSA) is 35.6 Å². The SMILES string of the molecule is CCN(CC)CCCN1CC(=O)NC2CCCCC21. The highest BCUT2D eigenvalue weighted by Gasteiger charge is 2.35. The van der Waals surface area contributed by atoms with Crippen molar-refractivity contribution in [1.82, 2.24) is 15.1 Å². The fourth-order valence-electron chi connectivity index (χ4n) is 3.55. The molecule has 1 N–H and O–H groups in total. The van der Waals surface area contributed by atoms with Gasteiger partial charge in [-0.15, -0.1) is 0 Å². The van der Waals surface area contributed by atoms with Crippen molar-refractivity contribution in [2.75, 3.05) is 32.7 Å². The molecule has 1 aliphatic heterocycles. The van der Waals surface area contributed by atoms with Crippen LogP contribution in [0.2, 0.25) is 0 Å². The van der Waals surface area contributed by atoms with E-state index in [-0.39, 0.29) is 5.91 Å². The normalized spacial score (nSPS) is 28.3. The second-order valence-corrected chi connectivity index (χ2v) is 5.88. The third kappa shape index (κ3) is 3.93. The smallest absolute Gasteiger partial charge is 0.234 e. The molecule has 0 bridgehead atoms. The molecule has 0 aromatic heterocycles. The molecular formula is C15H29N3O. The van der Waals surface area contributed by atoms with Gasteiger partial charge in [-0.1, -0.05) is 26.7 Å². The second-order valence-electron chi connectivity index (χ2n) is 5.88. The standard InChI is InChI=1S/C15H29N3O/c1-3-17(4-2)10-7-11-18-12-15(19)16-13-8-5-6-9-14(13)18/h13-14H,3-12H2,1-2H3,(H,16,19). The van der Waals surface area contributed by atoms with Gasteiger partial charge in [-0.3, -0.25) is 9.69 Å². The van der Waals surface area contributed by atoms with Gasteiger partial charge in [-0.05, 0) is 38.9 Å². The monoisotopic (exact) mass is 267 g/mol. The Bertz CT molecular complexity index is 291. The van der Waals surface area contributed by atoms with E-state index in [1.54, 1.807) is 0 Å². The summed E-state index contributed by atoms with van der Waals surface area (Å²) in [6.45, 7) is 9.53. The number of carbonyl (C=O) groups is 1. The largest absolute Gasteiger partial charge is 0.351 e. The molecule has 2 aliphatic rings. The van der Waals surface area contributed by atoms with Crippen LogP contribution in [0.3, 0.4) is 0 Å². The number of hydrogen-bond donors (Lipinski definition) is 1. The Kier molecular flexibility index (Phi) is 5.64. The lowest BCUT2D eigenvalue weighted by atomic mass is 9.87. The van der Waals surface area contributed by atoms with Crippen molar-refractivity contribution in [2.45, 2.75) is 58.0 Å². The van der Waals surface area contributed by atoms with Gasteiger partial charge in [0, 0.05) is 18.6 Å². The third-order valence-corrected chi connectivity index (χ3v) is 4.71. The van der Waals surface area contributed by atoms with E-state index in [2.05, 4.69) is 29.0 Å². The number of amides is 1. The van der Waals surface area contributed by atoms with E-state index in [9.17, 15) is 4.79 Å². The lowest BCUT2D eigenvalue weighted by molar-refractivity contribution is -0.128. The number of carbonyl (C=O) groups excluding carboxylic acids is 1. The maximum absolute atomic E-state index is 11.8. The molecule has 0 aromatic rings. The van der Waals surface area contributed by atoms with Crippen molar-refractivity contribution in [3.63, 3.8) is 0 Å². The van der Waals surface area contributed by atoms with Crippen LogP contribution in [0.5, 0.6) is 0 Å². The van der Waals surface area contributed by atoms with Gasteiger partial charge in [0.15, 0.2) is 0 Å². The van der Waals surface area contributed by atoms with E-state index in [1.807, 2.05) is 0 Å². The summed E-state index contributed by atoms with van der Waals surface area (Å²) in [6.07, 6.45) is 6.20. The van der Waals surface area contributed by atoms with E-state index in [4.69, 9.17) is 0 Å². The van der Waals surface area contributed by atoms with E-state index in [1.165, 1.54) is 32.1 Å². The molecule has 110 valence electrons. The van der Waals surface area contributed by atoms with Crippen LogP contribution >= 0.6 is 0 Å². The maximum Gasteiger partial charge on any atom is 0.234 e. The summed E-state index contributed by atoms with van der Waals surface area (Å²) in [5.41, 5.74) is 0. The lowest BCUT2D eigenvalue weighted by Crippen LogP contribution is -2.61. The van der Waals surface area contributed by atoms with Crippen molar-refractivity contribution in [2.24, 2.45) is 0 Å². The van der Waals surface area contributed by atoms with Crippen LogP contribution in [-0.2, 0) is 4.79 Å². The Balaban J connectivity index is 1.81. The first-order chi connectivity index (χ1) is 9.24. The van der Waals surface area contributed by atoms with Gasteiger partial charge in [-0.2, -0.15) is 0 Å². The highest BCUT2D eigenvalue weighted by Crippen LogP contribution is 2.25. The zero-order valence-electron chi connectivity index (χ0n) is 12.5. The zero-order chi connectivity index (χ0) is 13.7. The zero-order valence-corrected chi connectivity index (χ0v) is 12.5. The van der Waals surface area contributed by atoms with Crippen LogP contribution in [0.4, 0.5) is 0 Å². The summed E-state index contributed by atoms with van der Waals surface area (Å²) in [5, 5.41) is 3.18. The first kappa shape index (κ1) is 14.8. The van der Waals surface area contributed by atoms with Crippen LogP contribution in [0, 0.1) is 0 Å². The molecule has 1 amide bonds. The third-order valence-electron chi connectivity index (χ3n) is 4.71. The van der Waals surface area contributed by atoms with Crippen molar-refractivity contribution in [3.8, 4) is 0 Å². The number of hydrogen-bond acceptors (Lipinski definition) is 3. The minimum atomic E-state index is 0.228. The van der Waals surface area contributed by atoms with E-state index < -0.39 is 0 Å². The van der Waals surface area contributed by atoms with Gasteiger partial charge < -0.3 is 10.2 Å². The first-order valence-corrected chi connectivity index (χ1v) is 8.00. The van der Waals surface area contributed by atoms with Gasteiger partial charge in [0.2, 0.25) is 5.91 Å². The molecule has 2 unspecified atom stereocenters. The Morgan fingerprint density at radius 3 is 2.74 bits per heavy atom. The molecule has 1 saturated carbocycles. The van der Waals surface area contributed by atoms with Gasteiger partial charge in [0.05, 0.1) is 6.54 Å². The van der Waals surface area contributed by atoms with Crippen LogP contribution in [0.1, 0.15) is 46.0 Å². The average Bonchev–Trinajstić information content (AvgIpc) is 2.43. The number of nitrogens with zero attached hydrogens (tertiary/aromatic N) is 2. The van der Waals surface area contributed by atoms with E-state index >= 15 is 0 Å². The number of piperazine rings is 1. The van der Waals surface area contributed by atoms with Crippen molar-refractivity contribution >= 4 is 5.91 Å². The van der Waals surface area contributed by atoms with Crippen LogP contribution in [-0.4, -0.2) is 60.5 Å². The van der Waals surface area contributed by atoms with Gasteiger partial charge in [0.25, 0.3) is 0 Å². The van der Waals surface area contributed by atoms with Crippen molar-refractivity contribution in [3.05, 3.63) is 0 Å². The molecule has 1 aliphatic carbocycles. The summed E-state index contributed by atoms with van der Waals surface area (Å²) in [6, 6.07) is 1.02. The fourth-order valence-corrected chi connectivity index (χ4v) is 3.55.